The van der Waals surface area contributed by atoms with E-state index in [2.05, 4.69) is 0 Å². The second-order valence-electron chi connectivity index (χ2n) is 4.35. The molecule has 15 heavy (non-hydrogen) atoms. The number of carbonyl (C=O) groups is 1. The molecule has 88 valence electrons. The minimum Gasteiger partial charge on any atom is -0.396 e. The minimum atomic E-state index is -0.333. The Bertz CT molecular complexity index is 201. The van der Waals surface area contributed by atoms with Gasteiger partial charge in [-0.25, -0.2) is 0 Å². The van der Waals surface area contributed by atoms with Gasteiger partial charge in [0.2, 0.25) is 5.91 Å². The molecule has 0 saturated carbocycles. The summed E-state index contributed by atoms with van der Waals surface area (Å²) >= 11 is 0. The van der Waals surface area contributed by atoms with E-state index >= 15 is 0 Å². The van der Waals surface area contributed by atoms with Crippen molar-refractivity contribution in [2.45, 2.75) is 38.6 Å². The number of rotatable bonds is 4. The van der Waals surface area contributed by atoms with Crippen LogP contribution in [0.1, 0.15) is 32.6 Å². The van der Waals surface area contributed by atoms with Crippen LogP contribution in [0.5, 0.6) is 0 Å². The molecule has 0 aromatic carbocycles. The largest absolute Gasteiger partial charge is 0.396 e. The summed E-state index contributed by atoms with van der Waals surface area (Å²) in [6.07, 6.45) is 3.51. The third-order valence-electron chi connectivity index (χ3n) is 3.10. The molecule has 0 spiro atoms. The van der Waals surface area contributed by atoms with E-state index in [-0.39, 0.29) is 18.6 Å². The first-order chi connectivity index (χ1) is 7.19. The summed E-state index contributed by atoms with van der Waals surface area (Å²) in [5.41, 5.74) is 5.79. The number of piperidine rings is 1. The highest BCUT2D eigenvalue weighted by molar-refractivity contribution is 5.81. The number of nitrogens with two attached hydrogens (primary N) is 1. The van der Waals surface area contributed by atoms with Crippen LogP contribution in [0.15, 0.2) is 0 Å². The predicted molar refractivity (Wildman–Crippen MR) is 59.3 cm³/mol. The third kappa shape index (κ3) is 3.47. The summed E-state index contributed by atoms with van der Waals surface area (Å²) in [6, 6.07) is -0.333. The van der Waals surface area contributed by atoms with Gasteiger partial charge in [-0.05, 0) is 25.2 Å². The highest BCUT2D eigenvalue weighted by Gasteiger charge is 2.25. The molecule has 1 unspecified atom stereocenters. The lowest BCUT2D eigenvalue weighted by atomic mass is 9.97. The predicted octanol–water partition coefficient (Wildman–Crippen LogP) is 0.345. The van der Waals surface area contributed by atoms with Gasteiger partial charge >= 0.3 is 0 Å². The van der Waals surface area contributed by atoms with Crippen LogP contribution in [0.25, 0.3) is 0 Å². The fourth-order valence-corrected chi connectivity index (χ4v) is 2.00. The fourth-order valence-electron chi connectivity index (χ4n) is 2.00. The Labute approximate surface area is 91.4 Å². The van der Waals surface area contributed by atoms with Crippen molar-refractivity contribution in [1.82, 2.24) is 4.90 Å². The summed E-state index contributed by atoms with van der Waals surface area (Å²) in [4.78, 5) is 13.7. The second kappa shape index (κ2) is 6.08. The lowest BCUT2D eigenvalue weighted by molar-refractivity contribution is -0.134. The van der Waals surface area contributed by atoms with E-state index in [9.17, 15) is 4.79 Å². The van der Waals surface area contributed by atoms with E-state index in [1.807, 2.05) is 11.8 Å². The molecule has 4 heteroatoms. The Balaban J connectivity index is 2.35. The summed E-state index contributed by atoms with van der Waals surface area (Å²) in [6.45, 7) is 3.77. The number of aliphatic hydroxyl groups excluding tert-OH is 1. The Morgan fingerprint density at radius 3 is 2.60 bits per heavy atom. The average Bonchev–Trinajstić information content (AvgIpc) is 2.28. The maximum absolute atomic E-state index is 11.8. The molecule has 1 rings (SSSR count). The summed E-state index contributed by atoms with van der Waals surface area (Å²) in [5, 5.41) is 8.98. The van der Waals surface area contributed by atoms with Crippen molar-refractivity contribution in [3.05, 3.63) is 0 Å². The van der Waals surface area contributed by atoms with Crippen LogP contribution >= 0.6 is 0 Å². The van der Waals surface area contributed by atoms with Gasteiger partial charge in [0.25, 0.3) is 0 Å². The third-order valence-corrected chi connectivity index (χ3v) is 3.10. The van der Waals surface area contributed by atoms with Gasteiger partial charge in [0.1, 0.15) is 0 Å². The number of carbonyl (C=O) groups excluding carboxylic acids is 1. The topological polar surface area (TPSA) is 66.6 Å². The number of amides is 1. The first kappa shape index (κ1) is 12.5. The molecule has 0 aromatic heterocycles. The molecule has 1 saturated heterocycles. The summed E-state index contributed by atoms with van der Waals surface area (Å²) in [5.74, 6) is 0.449. The molecule has 1 aliphatic rings. The maximum Gasteiger partial charge on any atom is 0.239 e. The molecule has 1 aliphatic heterocycles. The second-order valence-corrected chi connectivity index (χ2v) is 4.35. The lowest BCUT2D eigenvalue weighted by Crippen LogP contribution is -2.47. The summed E-state index contributed by atoms with van der Waals surface area (Å²) in [7, 11) is 0. The highest BCUT2D eigenvalue weighted by atomic mass is 16.3. The molecule has 1 heterocycles. The highest BCUT2D eigenvalue weighted by Crippen LogP contribution is 2.17. The zero-order valence-electron chi connectivity index (χ0n) is 9.48. The van der Waals surface area contributed by atoms with E-state index in [0.717, 1.165) is 38.8 Å². The Kier molecular flexibility index (Phi) is 5.05. The van der Waals surface area contributed by atoms with Gasteiger partial charge in [0.05, 0.1) is 6.04 Å². The number of hydrogen-bond acceptors (Lipinski definition) is 3. The zero-order valence-corrected chi connectivity index (χ0v) is 9.48. The van der Waals surface area contributed by atoms with Crippen molar-refractivity contribution in [2.24, 2.45) is 11.7 Å². The van der Waals surface area contributed by atoms with Gasteiger partial charge < -0.3 is 15.7 Å². The smallest absolute Gasteiger partial charge is 0.239 e. The molecule has 3 N–H and O–H groups in total. The van der Waals surface area contributed by atoms with Gasteiger partial charge in [-0.15, -0.1) is 0 Å². The number of hydrogen-bond donors (Lipinski definition) is 2. The Morgan fingerprint density at radius 2 is 2.13 bits per heavy atom. The number of likely N-dealkylation sites (tertiary alicyclic amines) is 1. The van der Waals surface area contributed by atoms with Crippen LogP contribution in [0.2, 0.25) is 0 Å². The van der Waals surface area contributed by atoms with Gasteiger partial charge in [-0.2, -0.15) is 0 Å². The monoisotopic (exact) mass is 214 g/mol. The van der Waals surface area contributed by atoms with Crippen LogP contribution in [0.4, 0.5) is 0 Å². The van der Waals surface area contributed by atoms with Crippen molar-refractivity contribution in [3.8, 4) is 0 Å². The standard InChI is InChI=1S/C11H22N2O2/c1-2-3-10(12)11(15)13-6-4-9(8-14)5-7-13/h9-10,14H,2-8,12H2,1H3. The van der Waals surface area contributed by atoms with Crippen LogP contribution in [0, 0.1) is 5.92 Å². The van der Waals surface area contributed by atoms with E-state index in [4.69, 9.17) is 10.8 Å². The van der Waals surface area contributed by atoms with E-state index in [1.54, 1.807) is 0 Å². The molecular formula is C11H22N2O2. The Morgan fingerprint density at radius 1 is 1.53 bits per heavy atom. The zero-order chi connectivity index (χ0) is 11.3. The molecular weight excluding hydrogens is 192 g/mol. The molecule has 0 aliphatic carbocycles. The average molecular weight is 214 g/mol. The van der Waals surface area contributed by atoms with Gasteiger partial charge in [0.15, 0.2) is 0 Å². The maximum atomic E-state index is 11.8. The van der Waals surface area contributed by atoms with Crippen LogP contribution in [0.3, 0.4) is 0 Å². The lowest BCUT2D eigenvalue weighted by Gasteiger charge is -2.32. The molecule has 0 aromatic rings. The molecule has 1 fully saturated rings. The van der Waals surface area contributed by atoms with Crippen molar-refractivity contribution in [2.75, 3.05) is 19.7 Å². The first-order valence-electron chi connectivity index (χ1n) is 5.84. The van der Waals surface area contributed by atoms with Gasteiger partial charge in [-0.3, -0.25) is 4.79 Å². The van der Waals surface area contributed by atoms with E-state index in [0.29, 0.717) is 5.92 Å². The van der Waals surface area contributed by atoms with Crippen LogP contribution in [-0.4, -0.2) is 41.7 Å². The van der Waals surface area contributed by atoms with Crippen molar-refractivity contribution in [3.63, 3.8) is 0 Å². The van der Waals surface area contributed by atoms with Crippen LogP contribution in [-0.2, 0) is 4.79 Å². The number of nitrogens with zero attached hydrogens (tertiary/aromatic N) is 1. The van der Waals surface area contributed by atoms with Crippen LogP contribution < -0.4 is 5.73 Å². The van der Waals surface area contributed by atoms with Crippen molar-refractivity contribution >= 4 is 5.91 Å². The quantitative estimate of drug-likeness (QED) is 0.709. The normalized spacial score (nSPS) is 20.3. The van der Waals surface area contributed by atoms with Gasteiger partial charge in [-0.1, -0.05) is 13.3 Å². The molecule has 4 nitrogen and oxygen atoms in total. The van der Waals surface area contributed by atoms with Crippen molar-refractivity contribution < 1.29 is 9.90 Å². The molecule has 0 bridgehead atoms. The van der Waals surface area contributed by atoms with E-state index < -0.39 is 0 Å². The molecule has 0 radical (unpaired) electrons. The van der Waals surface area contributed by atoms with E-state index in [1.165, 1.54) is 0 Å². The van der Waals surface area contributed by atoms with Crippen molar-refractivity contribution in [1.29, 1.82) is 0 Å². The summed E-state index contributed by atoms with van der Waals surface area (Å²) < 4.78 is 0. The first-order valence-corrected chi connectivity index (χ1v) is 5.84. The SMILES string of the molecule is CCCC(N)C(=O)N1CCC(CO)CC1. The molecule has 1 amide bonds. The minimum absolute atomic E-state index is 0.0771. The van der Waals surface area contributed by atoms with Gasteiger partial charge in [0, 0.05) is 19.7 Å². The molecule has 1 atom stereocenters. The fraction of sp³-hybridized carbons (Fsp3) is 0.909. The Hall–Kier alpha value is -0.610. The number of aliphatic hydroxyl groups is 1.